The van der Waals surface area contributed by atoms with E-state index >= 15 is 0 Å². The Labute approximate surface area is 113 Å². The van der Waals surface area contributed by atoms with Crippen molar-refractivity contribution in [2.45, 2.75) is 39.4 Å². The molecule has 0 radical (unpaired) electrons. The summed E-state index contributed by atoms with van der Waals surface area (Å²) >= 11 is 0. The van der Waals surface area contributed by atoms with Crippen LogP contribution >= 0.6 is 0 Å². The van der Waals surface area contributed by atoms with Gasteiger partial charge in [-0.3, -0.25) is 4.79 Å². The maximum absolute atomic E-state index is 12.1. The maximum atomic E-state index is 12.1. The van der Waals surface area contributed by atoms with Crippen LogP contribution in [0.4, 0.5) is 0 Å². The molecule has 104 valence electrons. The Kier molecular flexibility index (Phi) is 4.56. The number of carbonyl (C=O) groups excluding carboxylic acids is 1. The molecule has 1 aromatic rings. The van der Waals surface area contributed by atoms with Crippen molar-refractivity contribution in [2.24, 2.45) is 0 Å². The molecule has 0 saturated heterocycles. The molecule has 2 N–H and O–H groups in total. The molecule has 0 atom stereocenters. The lowest BCUT2D eigenvalue weighted by molar-refractivity contribution is -0.130. The van der Waals surface area contributed by atoms with E-state index in [0.717, 1.165) is 48.2 Å². The van der Waals surface area contributed by atoms with Gasteiger partial charge in [0.05, 0.1) is 19.6 Å². The number of carbonyl (C=O) groups is 1. The van der Waals surface area contributed by atoms with E-state index in [2.05, 4.69) is 6.92 Å². The molecule has 1 heterocycles. The molecule has 0 spiro atoms. The molecule has 0 unspecified atom stereocenters. The number of hydrogen-bond donors (Lipinski definition) is 2. The molecule has 2 rings (SSSR count). The molecule has 4 heteroatoms. The van der Waals surface area contributed by atoms with Crippen LogP contribution in [0.2, 0.25) is 0 Å². The zero-order chi connectivity index (χ0) is 13.8. The highest BCUT2D eigenvalue weighted by Crippen LogP contribution is 2.22. The third kappa shape index (κ3) is 2.96. The van der Waals surface area contributed by atoms with E-state index in [9.17, 15) is 15.0 Å². The first-order chi connectivity index (χ1) is 9.19. The normalized spacial score (nSPS) is 15.3. The number of amides is 1. The fourth-order valence-electron chi connectivity index (χ4n) is 2.64. The van der Waals surface area contributed by atoms with Crippen LogP contribution in [-0.2, 0) is 30.8 Å². The molecule has 4 nitrogen and oxygen atoms in total. The summed E-state index contributed by atoms with van der Waals surface area (Å²) in [4.78, 5) is 14.0. The van der Waals surface area contributed by atoms with E-state index in [1.54, 1.807) is 0 Å². The van der Waals surface area contributed by atoms with Gasteiger partial charge in [-0.1, -0.05) is 19.1 Å². The molecule has 1 aromatic carbocycles. The van der Waals surface area contributed by atoms with Crippen molar-refractivity contribution in [3.8, 4) is 0 Å². The summed E-state index contributed by atoms with van der Waals surface area (Å²) in [6, 6.07) is 3.80. The van der Waals surface area contributed by atoms with Crippen molar-refractivity contribution in [3.05, 3.63) is 34.4 Å². The summed E-state index contributed by atoms with van der Waals surface area (Å²) < 4.78 is 0. The quantitative estimate of drug-likeness (QED) is 0.852. The smallest absolute Gasteiger partial charge is 0.227 e. The first kappa shape index (κ1) is 14.0. The summed E-state index contributed by atoms with van der Waals surface area (Å²) in [5.74, 6) is 0.154. The van der Waals surface area contributed by atoms with Gasteiger partial charge in [-0.2, -0.15) is 0 Å². The molecule has 0 aliphatic carbocycles. The highest BCUT2D eigenvalue weighted by Gasteiger charge is 2.21. The Morgan fingerprint density at radius 1 is 1.16 bits per heavy atom. The van der Waals surface area contributed by atoms with E-state index in [-0.39, 0.29) is 19.1 Å². The number of aliphatic hydroxyl groups is 2. The summed E-state index contributed by atoms with van der Waals surface area (Å²) in [5.41, 5.74) is 3.59. The molecular weight excluding hydrogens is 242 g/mol. The van der Waals surface area contributed by atoms with Crippen LogP contribution in [0.3, 0.4) is 0 Å². The van der Waals surface area contributed by atoms with Crippen LogP contribution in [0.1, 0.15) is 35.6 Å². The minimum absolute atomic E-state index is 0.0736. The van der Waals surface area contributed by atoms with Crippen LogP contribution in [0.25, 0.3) is 0 Å². The number of aliphatic hydroxyl groups excluding tert-OH is 2. The van der Waals surface area contributed by atoms with Gasteiger partial charge in [0.1, 0.15) is 0 Å². The molecule has 1 aliphatic rings. The molecular formula is C15H21NO3. The Bertz CT molecular complexity index is 471. The van der Waals surface area contributed by atoms with Gasteiger partial charge in [0.2, 0.25) is 5.91 Å². The second kappa shape index (κ2) is 6.17. The standard InChI is InChI=1S/C15H21NO3/c1-2-4-16-5-3-11-6-13(9-17)14(10-18)7-12(11)8-15(16)19/h6-7,17-18H,2-5,8-10H2,1H3. The third-order valence-electron chi connectivity index (χ3n) is 3.70. The number of benzene rings is 1. The fourth-order valence-corrected chi connectivity index (χ4v) is 2.64. The topological polar surface area (TPSA) is 60.8 Å². The number of rotatable bonds is 4. The van der Waals surface area contributed by atoms with Crippen LogP contribution in [0.5, 0.6) is 0 Å². The SMILES string of the molecule is CCCN1CCc2cc(CO)c(CO)cc2CC1=O. The van der Waals surface area contributed by atoms with Gasteiger partial charge in [0.25, 0.3) is 0 Å². The predicted octanol–water partition coefficient (Wildman–Crippen LogP) is 1.01. The highest BCUT2D eigenvalue weighted by molar-refractivity contribution is 5.80. The highest BCUT2D eigenvalue weighted by atomic mass is 16.3. The van der Waals surface area contributed by atoms with E-state index in [1.807, 2.05) is 17.0 Å². The van der Waals surface area contributed by atoms with Crippen LogP contribution in [-0.4, -0.2) is 34.1 Å². The molecule has 0 aromatic heterocycles. The number of nitrogens with zero attached hydrogens (tertiary/aromatic N) is 1. The summed E-state index contributed by atoms with van der Waals surface area (Å²) in [5, 5.41) is 18.6. The Morgan fingerprint density at radius 3 is 2.37 bits per heavy atom. The van der Waals surface area contributed by atoms with E-state index in [4.69, 9.17) is 0 Å². The van der Waals surface area contributed by atoms with E-state index in [1.165, 1.54) is 0 Å². The Balaban J connectivity index is 2.31. The van der Waals surface area contributed by atoms with Crippen molar-refractivity contribution >= 4 is 5.91 Å². The first-order valence-electron chi connectivity index (χ1n) is 6.82. The minimum atomic E-state index is -0.101. The third-order valence-corrected chi connectivity index (χ3v) is 3.70. The molecule has 0 bridgehead atoms. The fraction of sp³-hybridized carbons (Fsp3) is 0.533. The van der Waals surface area contributed by atoms with Crippen molar-refractivity contribution in [2.75, 3.05) is 13.1 Å². The lowest BCUT2D eigenvalue weighted by Gasteiger charge is -2.19. The van der Waals surface area contributed by atoms with Crippen molar-refractivity contribution in [1.82, 2.24) is 4.90 Å². The predicted molar refractivity (Wildman–Crippen MR) is 72.6 cm³/mol. The average molecular weight is 263 g/mol. The molecule has 0 fully saturated rings. The Morgan fingerprint density at radius 2 is 1.79 bits per heavy atom. The van der Waals surface area contributed by atoms with Gasteiger partial charge < -0.3 is 15.1 Å². The maximum Gasteiger partial charge on any atom is 0.227 e. The largest absolute Gasteiger partial charge is 0.392 e. The zero-order valence-corrected chi connectivity index (χ0v) is 11.4. The van der Waals surface area contributed by atoms with E-state index < -0.39 is 0 Å². The minimum Gasteiger partial charge on any atom is -0.392 e. The summed E-state index contributed by atoms with van der Waals surface area (Å²) in [6.45, 7) is 3.43. The zero-order valence-electron chi connectivity index (χ0n) is 11.4. The monoisotopic (exact) mass is 263 g/mol. The molecule has 19 heavy (non-hydrogen) atoms. The molecule has 1 aliphatic heterocycles. The van der Waals surface area contributed by atoms with Gasteiger partial charge in [-0.15, -0.1) is 0 Å². The Hall–Kier alpha value is -1.39. The molecule has 1 amide bonds. The van der Waals surface area contributed by atoms with Gasteiger partial charge in [-0.05, 0) is 35.1 Å². The lowest BCUT2D eigenvalue weighted by Crippen LogP contribution is -2.32. The van der Waals surface area contributed by atoms with Crippen LogP contribution in [0.15, 0.2) is 12.1 Å². The second-order valence-corrected chi connectivity index (χ2v) is 5.01. The second-order valence-electron chi connectivity index (χ2n) is 5.01. The van der Waals surface area contributed by atoms with Gasteiger partial charge in [0, 0.05) is 13.1 Å². The van der Waals surface area contributed by atoms with Crippen LogP contribution in [0, 0.1) is 0 Å². The first-order valence-corrected chi connectivity index (χ1v) is 6.82. The molecule has 0 saturated carbocycles. The number of hydrogen-bond acceptors (Lipinski definition) is 3. The average Bonchev–Trinajstić information content (AvgIpc) is 2.57. The van der Waals surface area contributed by atoms with Crippen LogP contribution < -0.4 is 0 Å². The summed E-state index contributed by atoms with van der Waals surface area (Å²) in [6.07, 6.45) is 2.18. The number of fused-ring (bicyclic) bond motifs is 1. The van der Waals surface area contributed by atoms with Gasteiger partial charge in [-0.25, -0.2) is 0 Å². The lowest BCUT2D eigenvalue weighted by atomic mass is 9.96. The van der Waals surface area contributed by atoms with E-state index in [0.29, 0.717) is 6.42 Å². The van der Waals surface area contributed by atoms with Crippen molar-refractivity contribution in [3.63, 3.8) is 0 Å². The van der Waals surface area contributed by atoms with Crippen molar-refractivity contribution in [1.29, 1.82) is 0 Å². The summed E-state index contributed by atoms with van der Waals surface area (Å²) in [7, 11) is 0. The van der Waals surface area contributed by atoms with Gasteiger partial charge >= 0.3 is 0 Å². The van der Waals surface area contributed by atoms with Gasteiger partial charge in [0.15, 0.2) is 0 Å². The van der Waals surface area contributed by atoms with Crippen molar-refractivity contribution < 1.29 is 15.0 Å².